The fraction of sp³-hybridized carbons (Fsp3) is 0.100. The van der Waals surface area contributed by atoms with Crippen LogP contribution < -0.4 is 0 Å². The van der Waals surface area contributed by atoms with Gasteiger partial charge >= 0.3 is 0 Å². The molecule has 0 radical (unpaired) electrons. The van der Waals surface area contributed by atoms with Crippen molar-refractivity contribution < 1.29 is 5.11 Å². The van der Waals surface area contributed by atoms with Crippen molar-refractivity contribution in [3.8, 4) is 11.1 Å². The van der Waals surface area contributed by atoms with Gasteiger partial charge in [-0.2, -0.15) is 5.10 Å². The van der Waals surface area contributed by atoms with E-state index in [4.69, 9.17) is 5.11 Å². The predicted octanol–water partition coefficient (Wildman–Crippen LogP) is 1.57. The van der Waals surface area contributed by atoms with E-state index >= 15 is 0 Å². The van der Waals surface area contributed by atoms with Crippen molar-refractivity contribution >= 4 is 0 Å². The van der Waals surface area contributed by atoms with Crippen molar-refractivity contribution in [2.75, 3.05) is 0 Å². The molecule has 13 heavy (non-hydrogen) atoms. The molecule has 0 atom stereocenters. The van der Waals surface area contributed by atoms with E-state index in [-0.39, 0.29) is 6.61 Å². The highest BCUT2D eigenvalue weighted by Gasteiger charge is 1.97. The zero-order valence-corrected chi connectivity index (χ0v) is 7.07. The van der Waals surface area contributed by atoms with Crippen LogP contribution in [0.1, 0.15) is 5.56 Å². The van der Waals surface area contributed by atoms with Crippen LogP contribution in [0.15, 0.2) is 36.7 Å². The largest absolute Gasteiger partial charge is 0.392 e. The molecule has 0 saturated carbocycles. The van der Waals surface area contributed by atoms with Gasteiger partial charge in [-0.3, -0.25) is 5.10 Å². The maximum atomic E-state index is 8.84. The summed E-state index contributed by atoms with van der Waals surface area (Å²) in [6, 6.07) is 7.75. The number of benzene rings is 1. The summed E-state index contributed by atoms with van der Waals surface area (Å²) in [6.45, 7) is 0.0890. The molecule has 0 aliphatic rings. The molecule has 3 nitrogen and oxygen atoms in total. The molecule has 66 valence electrons. The molecule has 3 heteroatoms. The van der Waals surface area contributed by atoms with Gasteiger partial charge in [-0.15, -0.1) is 0 Å². The summed E-state index contributed by atoms with van der Waals surface area (Å²) in [5.74, 6) is 0. The van der Waals surface area contributed by atoms with Crippen molar-refractivity contribution in [2.24, 2.45) is 0 Å². The van der Waals surface area contributed by atoms with Gasteiger partial charge in [-0.05, 0) is 11.1 Å². The normalized spacial score (nSPS) is 10.2. The van der Waals surface area contributed by atoms with Crippen LogP contribution in [0.5, 0.6) is 0 Å². The van der Waals surface area contributed by atoms with Crippen molar-refractivity contribution in [3.05, 3.63) is 42.2 Å². The second-order valence-electron chi connectivity index (χ2n) is 2.84. The summed E-state index contributed by atoms with van der Waals surface area (Å²) < 4.78 is 0. The average molecular weight is 174 g/mol. The van der Waals surface area contributed by atoms with Gasteiger partial charge in [0.1, 0.15) is 0 Å². The molecule has 1 aromatic heterocycles. The van der Waals surface area contributed by atoms with Crippen molar-refractivity contribution in [1.29, 1.82) is 0 Å². The summed E-state index contributed by atoms with van der Waals surface area (Å²) >= 11 is 0. The molecule has 0 bridgehead atoms. The third-order valence-electron chi connectivity index (χ3n) is 1.97. The lowest BCUT2D eigenvalue weighted by atomic mass is 10.1. The first-order valence-corrected chi connectivity index (χ1v) is 4.09. The Hall–Kier alpha value is -1.61. The summed E-state index contributed by atoms with van der Waals surface area (Å²) in [7, 11) is 0. The Morgan fingerprint density at radius 1 is 1.15 bits per heavy atom. The highest BCUT2D eigenvalue weighted by atomic mass is 16.3. The van der Waals surface area contributed by atoms with E-state index in [0.717, 1.165) is 16.7 Å². The molecule has 0 aliphatic heterocycles. The zero-order valence-electron chi connectivity index (χ0n) is 7.07. The number of H-pyrrole nitrogens is 1. The molecule has 0 aliphatic carbocycles. The lowest BCUT2D eigenvalue weighted by Gasteiger charge is -1.98. The second kappa shape index (κ2) is 3.41. The lowest BCUT2D eigenvalue weighted by Crippen LogP contribution is -1.81. The van der Waals surface area contributed by atoms with Gasteiger partial charge in [0.15, 0.2) is 0 Å². The third-order valence-corrected chi connectivity index (χ3v) is 1.97. The SMILES string of the molecule is OCc1ccc(-c2cn[nH]c2)cc1. The minimum Gasteiger partial charge on any atom is -0.392 e. The molecule has 1 heterocycles. The van der Waals surface area contributed by atoms with Crippen molar-refractivity contribution in [1.82, 2.24) is 10.2 Å². The van der Waals surface area contributed by atoms with Crippen LogP contribution in [0, 0.1) is 0 Å². The summed E-state index contributed by atoms with van der Waals surface area (Å²) in [4.78, 5) is 0. The number of nitrogens with zero attached hydrogens (tertiary/aromatic N) is 1. The average Bonchev–Trinajstić information content (AvgIpc) is 2.71. The van der Waals surface area contributed by atoms with Crippen LogP contribution in [0.3, 0.4) is 0 Å². The van der Waals surface area contributed by atoms with E-state index < -0.39 is 0 Å². The summed E-state index contributed by atoms with van der Waals surface area (Å²) in [5.41, 5.74) is 3.09. The van der Waals surface area contributed by atoms with Crippen molar-refractivity contribution in [3.63, 3.8) is 0 Å². The molecular formula is C10H10N2O. The third kappa shape index (κ3) is 1.60. The van der Waals surface area contributed by atoms with Crippen LogP contribution in [-0.2, 0) is 6.61 Å². The van der Waals surface area contributed by atoms with Gasteiger partial charge < -0.3 is 5.11 Å². The highest BCUT2D eigenvalue weighted by molar-refractivity contribution is 5.61. The van der Waals surface area contributed by atoms with E-state index in [0.29, 0.717) is 0 Å². The van der Waals surface area contributed by atoms with Gasteiger partial charge in [0, 0.05) is 11.8 Å². The molecule has 2 rings (SSSR count). The monoisotopic (exact) mass is 174 g/mol. The fourth-order valence-corrected chi connectivity index (χ4v) is 1.21. The molecule has 0 unspecified atom stereocenters. The number of aliphatic hydroxyl groups is 1. The van der Waals surface area contributed by atoms with Gasteiger partial charge in [-0.25, -0.2) is 0 Å². The Balaban J connectivity index is 2.33. The van der Waals surface area contributed by atoms with E-state index in [2.05, 4.69) is 10.2 Å². The van der Waals surface area contributed by atoms with Crippen LogP contribution in [0.4, 0.5) is 0 Å². The number of rotatable bonds is 2. The first kappa shape index (κ1) is 8.01. The van der Waals surface area contributed by atoms with Crippen molar-refractivity contribution in [2.45, 2.75) is 6.61 Å². The maximum absolute atomic E-state index is 8.84. The number of hydrogen-bond donors (Lipinski definition) is 2. The molecular weight excluding hydrogens is 164 g/mol. The van der Waals surface area contributed by atoms with E-state index in [9.17, 15) is 0 Å². The predicted molar refractivity (Wildman–Crippen MR) is 49.9 cm³/mol. The van der Waals surface area contributed by atoms with E-state index in [1.807, 2.05) is 30.5 Å². The van der Waals surface area contributed by atoms with Gasteiger partial charge in [0.25, 0.3) is 0 Å². The van der Waals surface area contributed by atoms with Crippen LogP contribution in [0.25, 0.3) is 11.1 Å². The highest BCUT2D eigenvalue weighted by Crippen LogP contribution is 2.17. The van der Waals surface area contributed by atoms with Crippen LogP contribution >= 0.6 is 0 Å². The first-order valence-electron chi connectivity index (χ1n) is 4.09. The van der Waals surface area contributed by atoms with Gasteiger partial charge in [0.05, 0.1) is 12.8 Å². The molecule has 0 spiro atoms. The Bertz CT molecular complexity index is 364. The van der Waals surface area contributed by atoms with Gasteiger partial charge in [-0.1, -0.05) is 24.3 Å². The minimum absolute atomic E-state index is 0.0890. The Morgan fingerprint density at radius 2 is 1.92 bits per heavy atom. The van der Waals surface area contributed by atoms with E-state index in [1.165, 1.54) is 0 Å². The zero-order chi connectivity index (χ0) is 9.10. The van der Waals surface area contributed by atoms with E-state index in [1.54, 1.807) is 6.20 Å². The quantitative estimate of drug-likeness (QED) is 0.726. The number of nitrogens with one attached hydrogen (secondary N) is 1. The Labute approximate surface area is 76.0 Å². The number of aromatic nitrogens is 2. The first-order chi connectivity index (χ1) is 6.40. The standard InChI is InChI=1S/C10H10N2O/c13-7-8-1-3-9(4-2-8)10-5-11-12-6-10/h1-6,13H,7H2,(H,11,12). The smallest absolute Gasteiger partial charge is 0.0681 e. The molecule has 1 aromatic carbocycles. The molecule has 0 amide bonds. The minimum atomic E-state index is 0.0890. The molecule has 0 saturated heterocycles. The Morgan fingerprint density at radius 3 is 2.46 bits per heavy atom. The number of hydrogen-bond acceptors (Lipinski definition) is 2. The van der Waals surface area contributed by atoms with Crippen LogP contribution in [0.2, 0.25) is 0 Å². The lowest BCUT2D eigenvalue weighted by molar-refractivity contribution is 0.282. The summed E-state index contributed by atoms with van der Waals surface area (Å²) in [6.07, 6.45) is 3.61. The Kier molecular flexibility index (Phi) is 2.10. The molecule has 2 aromatic rings. The summed E-state index contributed by atoms with van der Waals surface area (Å²) in [5, 5.41) is 15.5. The maximum Gasteiger partial charge on any atom is 0.0681 e. The van der Waals surface area contributed by atoms with Gasteiger partial charge in [0.2, 0.25) is 0 Å². The van der Waals surface area contributed by atoms with Crippen LogP contribution in [-0.4, -0.2) is 15.3 Å². The fourth-order valence-electron chi connectivity index (χ4n) is 1.21. The second-order valence-corrected chi connectivity index (χ2v) is 2.84. The molecule has 0 fully saturated rings. The number of aliphatic hydroxyl groups excluding tert-OH is 1. The topological polar surface area (TPSA) is 48.9 Å². The number of aromatic amines is 1. The molecule has 2 N–H and O–H groups in total.